The fraction of sp³-hybridized carbons (Fsp3) is 0.515. The molecule has 4 heteroatoms. The third kappa shape index (κ3) is 11.9. The van der Waals surface area contributed by atoms with Crippen LogP contribution in [0.3, 0.4) is 0 Å². The highest BCUT2D eigenvalue weighted by molar-refractivity contribution is 5.55. The molecule has 37 heavy (non-hydrogen) atoms. The van der Waals surface area contributed by atoms with Gasteiger partial charge in [0, 0.05) is 18.0 Å². The number of aryl methyl sites for hydroxylation is 1. The zero-order valence-electron chi connectivity index (χ0n) is 23.0. The van der Waals surface area contributed by atoms with Crippen LogP contribution in [0.25, 0.3) is 11.4 Å². The summed E-state index contributed by atoms with van der Waals surface area (Å²) in [4.78, 5) is 9.20. The minimum atomic E-state index is 0.270. The largest absolute Gasteiger partial charge is 0.494 e. The molecule has 0 N–H and O–H groups in total. The van der Waals surface area contributed by atoms with Crippen LogP contribution in [-0.2, 0) is 17.8 Å². The molecule has 200 valence electrons. The normalized spacial score (nSPS) is 11.9. The lowest BCUT2D eigenvalue weighted by Crippen LogP contribution is -2.08. The maximum absolute atomic E-state index is 5.97. The van der Waals surface area contributed by atoms with Crippen molar-refractivity contribution in [2.45, 2.75) is 104 Å². The van der Waals surface area contributed by atoms with E-state index >= 15 is 0 Å². The van der Waals surface area contributed by atoms with E-state index in [4.69, 9.17) is 9.47 Å². The van der Waals surface area contributed by atoms with Gasteiger partial charge in [0.05, 0.1) is 19.3 Å². The van der Waals surface area contributed by atoms with Crippen molar-refractivity contribution in [3.63, 3.8) is 0 Å². The quantitative estimate of drug-likeness (QED) is 0.153. The summed E-state index contributed by atoms with van der Waals surface area (Å²) in [5, 5.41) is 0. The van der Waals surface area contributed by atoms with Crippen molar-refractivity contribution in [3.05, 3.63) is 78.1 Å². The smallest absolute Gasteiger partial charge is 0.159 e. The second kappa shape index (κ2) is 17.7. The molecular formula is C33H46N2O2. The van der Waals surface area contributed by atoms with E-state index in [0.29, 0.717) is 6.61 Å². The summed E-state index contributed by atoms with van der Waals surface area (Å²) in [6.45, 7) is 5.90. The van der Waals surface area contributed by atoms with Crippen molar-refractivity contribution in [2.24, 2.45) is 0 Å². The molecule has 0 aliphatic carbocycles. The number of hydrogen-bond donors (Lipinski definition) is 0. The number of hydrogen-bond acceptors (Lipinski definition) is 4. The lowest BCUT2D eigenvalue weighted by atomic mass is 10.1. The first-order valence-electron chi connectivity index (χ1n) is 14.4. The lowest BCUT2D eigenvalue weighted by Gasteiger charge is -2.13. The van der Waals surface area contributed by atoms with Gasteiger partial charge in [0.25, 0.3) is 0 Å². The maximum atomic E-state index is 5.97. The second-order valence-electron chi connectivity index (χ2n) is 10.1. The van der Waals surface area contributed by atoms with Gasteiger partial charge in [0.1, 0.15) is 5.75 Å². The Morgan fingerprint density at radius 1 is 0.703 bits per heavy atom. The second-order valence-corrected chi connectivity index (χ2v) is 10.1. The van der Waals surface area contributed by atoms with Crippen LogP contribution in [0.2, 0.25) is 0 Å². The number of nitrogens with zero attached hydrogens (tertiary/aromatic N) is 2. The molecule has 0 bridgehead atoms. The van der Waals surface area contributed by atoms with Crippen LogP contribution < -0.4 is 4.74 Å². The van der Waals surface area contributed by atoms with Crippen molar-refractivity contribution in [3.8, 4) is 17.1 Å². The fourth-order valence-corrected chi connectivity index (χ4v) is 4.42. The molecule has 3 aromatic rings. The van der Waals surface area contributed by atoms with Crippen molar-refractivity contribution in [1.29, 1.82) is 0 Å². The van der Waals surface area contributed by atoms with Crippen LogP contribution >= 0.6 is 0 Å². The summed E-state index contributed by atoms with van der Waals surface area (Å²) < 4.78 is 11.9. The molecule has 2 aromatic carbocycles. The minimum absolute atomic E-state index is 0.270. The van der Waals surface area contributed by atoms with Crippen LogP contribution in [-0.4, -0.2) is 22.7 Å². The van der Waals surface area contributed by atoms with Gasteiger partial charge in [-0.2, -0.15) is 0 Å². The van der Waals surface area contributed by atoms with Gasteiger partial charge < -0.3 is 9.47 Å². The van der Waals surface area contributed by atoms with Crippen molar-refractivity contribution >= 4 is 0 Å². The average Bonchev–Trinajstić information content (AvgIpc) is 2.94. The summed E-state index contributed by atoms with van der Waals surface area (Å²) in [6, 6.07) is 18.5. The Morgan fingerprint density at radius 3 is 2.08 bits per heavy atom. The van der Waals surface area contributed by atoms with Gasteiger partial charge in [-0.3, -0.25) is 0 Å². The summed E-state index contributed by atoms with van der Waals surface area (Å²) in [5.74, 6) is 1.69. The predicted octanol–water partition coefficient (Wildman–Crippen LogP) is 8.98. The molecule has 1 heterocycles. The van der Waals surface area contributed by atoms with Crippen LogP contribution in [0.1, 0.15) is 95.6 Å². The van der Waals surface area contributed by atoms with Gasteiger partial charge in [0.15, 0.2) is 5.82 Å². The summed E-state index contributed by atoms with van der Waals surface area (Å²) in [5.41, 5.74) is 3.44. The van der Waals surface area contributed by atoms with Gasteiger partial charge in [0.2, 0.25) is 0 Å². The fourth-order valence-electron chi connectivity index (χ4n) is 4.42. The Bertz CT molecular complexity index is 958. The third-order valence-corrected chi connectivity index (χ3v) is 6.79. The molecule has 0 fully saturated rings. The number of unbranched alkanes of at least 4 members (excludes halogenated alkanes) is 8. The predicted molar refractivity (Wildman–Crippen MR) is 154 cm³/mol. The third-order valence-electron chi connectivity index (χ3n) is 6.79. The molecule has 0 spiro atoms. The van der Waals surface area contributed by atoms with Crippen LogP contribution in [0.15, 0.2) is 67.0 Å². The Kier molecular flexibility index (Phi) is 13.8. The zero-order valence-corrected chi connectivity index (χ0v) is 23.0. The first-order valence-corrected chi connectivity index (χ1v) is 14.4. The van der Waals surface area contributed by atoms with E-state index in [1.54, 1.807) is 0 Å². The van der Waals surface area contributed by atoms with E-state index in [-0.39, 0.29) is 6.10 Å². The molecule has 1 atom stereocenters. The zero-order chi connectivity index (χ0) is 26.0. The first-order chi connectivity index (χ1) is 18.2. The molecular weight excluding hydrogens is 456 g/mol. The minimum Gasteiger partial charge on any atom is -0.494 e. The van der Waals surface area contributed by atoms with Gasteiger partial charge in [-0.15, -0.1) is 0 Å². The molecule has 4 nitrogen and oxygen atoms in total. The molecule has 0 aliphatic heterocycles. The monoisotopic (exact) mass is 502 g/mol. The Labute approximate surface area is 224 Å². The molecule has 1 aromatic heterocycles. The molecule has 0 saturated carbocycles. The summed E-state index contributed by atoms with van der Waals surface area (Å²) in [7, 11) is 0. The topological polar surface area (TPSA) is 44.2 Å². The van der Waals surface area contributed by atoms with E-state index in [2.05, 4.69) is 60.2 Å². The van der Waals surface area contributed by atoms with Gasteiger partial charge in [-0.1, -0.05) is 88.6 Å². The Morgan fingerprint density at radius 2 is 1.38 bits per heavy atom. The summed E-state index contributed by atoms with van der Waals surface area (Å²) in [6.07, 6.45) is 19.0. The van der Waals surface area contributed by atoms with Gasteiger partial charge >= 0.3 is 0 Å². The highest BCUT2D eigenvalue weighted by Crippen LogP contribution is 2.20. The highest BCUT2D eigenvalue weighted by Gasteiger charge is 2.05. The SMILES string of the molecule is CCCCCCCCCCOc1ccc(-c2ncc(CCCCC(C)OCc3ccccc3)cn2)cc1. The molecule has 0 aliphatic rings. The van der Waals surface area contributed by atoms with Crippen molar-refractivity contribution < 1.29 is 9.47 Å². The van der Waals surface area contributed by atoms with Crippen molar-refractivity contribution in [2.75, 3.05) is 6.61 Å². The standard InChI is InChI=1S/C33H46N2O2/c1-3-4-5-6-7-8-9-15-24-36-32-22-20-31(21-23-32)33-34-25-30(26-35-33)19-14-13-16-28(2)37-27-29-17-11-10-12-18-29/h10-12,17-18,20-23,25-26,28H,3-9,13-16,19,24,27H2,1-2H3. The molecule has 0 radical (unpaired) electrons. The molecule has 0 saturated heterocycles. The van der Waals surface area contributed by atoms with Gasteiger partial charge in [-0.05, 0) is 68.0 Å². The van der Waals surface area contributed by atoms with Crippen LogP contribution in [0, 0.1) is 0 Å². The average molecular weight is 503 g/mol. The van der Waals surface area contributed by atoms with E-state index in [1.807, 2.05) is 30.6 Å². The maximum Gasteiger partial charge on any atom is 0.159 e. The van der Waals surface area contributed by atoms with Crippen LogP contribution in [0.5, 0.6) is 5.75 Å². The Hall–Kier alpha value is -2.72. The molecule has 1 unspecified atom stereocenters. The van der Waals surface area contributed by atoms with E-state index in [0.717, 1.165) is 55.8 Å². The number of benzene rings is 2. The number of ether oxygens (including phenoxy) is 2. The lowest BCUT2D eigenvalue weighted by molar-refractivity contribution is 0.0460. The van der Waals surface area contributed by atoms with Gasteiger partial charge in [-0.25, -0.2) is 9.97 Å². The Balaban J connectivity index is 1.28. The first kappa shape index (κ1) is 28.8. The highest BCUT2D eigenvalue weighted by atomic mass is 16.5. The van der Waals surface area contributed by atoms with Crippen LogP contribution in [0.4, 0.5) is 0 Å². The summed E-state index contributed by atoms with van der Waals surface area (Å²) >= 11 is 0. The number of rotatable bonds is 19. The van der Waals surface area contributed by atoms with E-state index in [9.17, 15) is 0 Å². The molecule has 3 rings (SSSR count). The number of aromatic nitrogens is 2. The van der Waals surface area contributed by atoms with Crippen molar-refractivity contribution in [1.82, 2.24) is 9.97 Å². The van der Waals surface area contributed by atoms with E-state index in [1.165, 1.54) is 56.1 Å². The van der Waals surface area contributed by atoms with E-state index < -0.39 is 0 Å². The molecule has 0 amide bonds.